The number of ketones is 1. The summed E-state index contributed by atoms with van der Waals surface area (Å²) in [6.07, 6.45) is 11.4. The zero-order valence-corrected chi connectivity index (χ0v) is 18.9. The van der Waals surface area contributed by atoms with Gasteiger partial charge in [0.05, 0.1) is 24.3 Å². The summed E-state index contributed by atoms with van der Waals surface area (Å²) in [5.41, 5.74) is 4.19. The molecule has 5 heterocycles. The van der Waals surface area contributed by atoms with Crippen LogP contribution in [0.25, 0.3) is 22.0 Å². The molecule has 1 aliphatic heterocycles. The van der Waals surface area contributed by atoms with Crippen molar-refractivity contribution in [3.05, 3.63) is 66.5 Å². The summed E-state index contributed by atoms with van der Waals surface area (Å²) in [6, 6.07) is 8.26. The molecule has 4 aromatic rings. The summed E-state index contributed by atoms with van der Waals surface area (Å²) in [5.74, 6) is 0.902. The molecule has 168 valence electrons. The molecule has 4 aromatic heterocycles. The maximum absolute atomic E-state index is 13.1. The van der Waals surface area contributed by atoms with Crippen molar-refractivity contribution in [2.24, 2.45) is 7.05 Å². The average molecular weight is 442 g/mol. The minimum absolute atomic E-state index is 0.0342. The number of aryl methyl sites for hydroxylation is 1. The van der Waals surface area contributed by atoms with Crippen LogP contribution in [0.3, 0.4) is 0 Å². The summed E-state index contributed by atoms with van der Waals surface area (Å²) in [7, 11) is 3.90. The lowest BCUT2D eigenvalue weighted by atomic mass is 10.0. The van der Waals surface area contributed by atoms with Gasteiger partial charge in [-0.05, 0) is 44.2 Å². The third-order valence-corrected chi connectivity index (χ3v) is 6.30. The van der Waals surface area contributed by atoms with Gasteiger partial charge in [0.1, 0.15) is 5.82 Å². The number of pyridine rings is 3. The van der Waals surface area contributed by atoms with E-state index < -0.39 is 0 Å². The molecule has 5 rings (SSSR count). The fraction of sp³-hybridized carbons (Fsp3) is 0.320. The molecule has 33 heavy (non-hydrogen) atoms. The maximum Gasteiger partial charge on any atom is 0.169 e. The van der Waals surface area contributed by atoms with Gasteiger partial charge in [-0.25, -0.2) is 4.98 Å². The van der Waals surface area contributed by atoms with Crippen LogP contribution in [0, 0.1) is 0 Å². The number of carbonyl (C=O) groups excluding carboxylic acids is 1. The molecule has 0 bridgehead atoms. The minimum atomic E-state index is 0.0342. The highest BCUT2D eigenvalue weighted by Crippen LogP contribution is 2.23. The van der Waals surface area contributed by atoms with E-state index in [0.717, 1.165) is 59.5 Å². The van der Waals surface area contributed by atoms with Crippen LogP contribution >= 0.6 is 0 Å². The van der Waals surface area contributed by atoms with E-state index in [4.69, 9.17) is 0 Å². The number of Topliss-reactive ketones (excluding diaryl/α,β-unsaturated/α-hetero) is 1. The van der Waals surface area contributed by atoms with Crippen LogP contribution in [0.1, 0.15) is 28.9 Å². The summed E-state index contributed by atoms with van der Waals surface area (Å²) in [5, 5.41) is 8.53. The van der Waals surface area contributed by atoms with Crippen LogP contribution in [-0.2, 0) is 13.5 Å². The number of rotatable bonds is 6. The number of hydrogen-bond acceptors (Lipinski definition) is 7. The van der Waals surface area contributed by atoms with Crippen LogP contribution in [0.4, 0.5) is 5.82 Å². The maximum atomic E-state index is 13.1. The number of fused-ring (bicyclic) bond motifs is 1. The van der Waals surface area contributed by atoms with Gasteiger partial charge in [0.15, 0.2) is 5.78 Å². The zero-order chi connectivity index (χ0) is 22.8. The summed E-state index contributed by atoms with van der Waals surface area (Å²) >= 11 is 0. The lowest BCUT2D eigenvalue weighted by Crippen LogP contribution is -2.41. The van der Waals surface area contributed by atoms with Crippen molar-refractivity contribution in [1.82, 2.24) is 30.0 Å². The molecule has 0 amide bonds. The van der Waals surface area contributed by atoms with Crippen molar-refractivity contribution in [3.63, 3.8) is 0 Å². The Morgan fingerprint density at radius 2 is 1.91 bits per heavy atom. The van der Waals surface area contributed by atoms with Crippen molar-refractivity contribution in [2.75, 3.05) is 25.0 Å². The molecule has 0 unspecified atom stereocenters. The molecule has 8 nitrogen and oxygen atoms in total. The Hall–Kier alpha value is -3.65. The first-order chi connectivity index (χ1) is 16.1. The number of piperidine rings is 1. The molecule has 0 aromatic carbocycles. The molecule has 0 saturated carbocycles. The third-order valence-electron chi connectivity index (χ3n) is 6.30. The van der Waals surface area contributed by atoms with Gasteiger partial charge >= 0.3 is 0 Å². The van der Waals surface area contributed by atoms with Gasteiger partial charge in [-0.15, -0.1) is 0 Å². The first kappa shape index (κ1) is 21.2. The summed E-state index contributed by atoms with van der Waals surface area (Å²) in [6.45, 7) is 1.88. The molecule has 0 atom stereocenters. The van der Waals surface area contributed by atoms with E-state index in [-0.39, 0.29) is 12.2 Å². The fourth-order valence-electron chi connectivity index (χ4n) is 4.33. The first-order valence-corrected chi connectivity index (χ1v) is 11.2. The van der Waals surface area contributed by atoms with Gasteiger partial charge < -0.3 is 10.2 Å². The summed E-state index contributed by atoms with van der Waals surface area (Å²) < 4.78 is 1.77. The van der Waals surface area contributed by atoms with Crippen LogP contribution in [0.2, 0.25) is 0 Å². The fourth-order valence-corrected chi connectivity index (χ4v) is 4.33. The van der Waals surface area contributed by atoms with Gasteiger partial charge in [-0.1, -0.05) is 0 Å². The SMILES string of the molecule is CNC1CCN(c2cc(C(=O)Cc3cc4cc(-c5cnn(C)c5)cnc4cn3)ccn2)CC1. The van der Waals surface area contributed by atoms with Crippen LogP contribution in [0.5, 0.6) is 0 Å². The van der Waals surface area contributed by atoms with E-state index in [1.165, 1.54) is 0 Å². The van der Waals surface area contributed by atoms with Gasteiger partial charge in [0.25, 0.3) is 0 Å². The highest BCUT2D eigenvalue weighted by atomic mass is 16.1. The number of aromatic nitrogens is 5. The molecule has 1 aliphatic rings. The Bertz CT molecular complexity index is 1290. The lowest BCUT2D eigenvalue weighted by molar-refractivity contribution is 0.0992. The van der Waals surface area contributed by atoms with Crippen molar-refractivity contribution < 1.29 is 4.79 Å². The molecule has 1 fully saturated rings. The molecule has 1 N–H and O–H groups in total. The Morgan fingerprint density at radius 1 is 1.06 bits per heavy atom. The lowest BCUT2D eigenvalue weighted by Gasteiger charge is -2.32. The van der Waals surface area contributed by atoms with Crippen molar-refractivity contribution in [3.8, 4) is 11.1 Å². The van der Waals surface area contributed by atoms with Crippen molar-refractivity contribution in [1.29, 1.82) is 0 Å². The van der Waals surface area contributed by atoms with Gasteiger partial charge in [0.2, 0.25) is 0 Å². The van der Waals surface area contributed by atoms with Gasteiger partial charge in [-0.2, -0.15) is 5.10 Å². The predicted molar refractivity (Wildman–Crippen MR) is 128 cm³/mol. The largest absolute Gasteiger partial charge is 0.356 e. The van der Waals surface area contributed by atoms with Crippen LogP contribution in [0.15, 0.2) is 55.2 Å². The normalized spacial score (nSPS) is 14.7. The summed E-state index contributed by atoms with van der Waals surface area (Å²) in [4.78, 5) is 28.8. The number of nitrogens with one attached hydrogen (secondary N) is 1. The van der Waals surface area contributed by atoms with E-state index in [0.29, 0.717) is 11.6 Å². The van der Waals surface area contributed by atoms with Crippen LogP contribution in [-0.4, -0.2) is 56.7 Å². The topological polar surface area (TPSA) is 88.8 Å². The first-order valence-electron chi connectivity index (χ1n) is 11.2. The van der Waals surface area contributed by atoms with Gasteiger partial charge in [-0.3, -0.25) is 19.4 Å². The standard InChI is InChI=1S/C25H27N7O/c1-26-21-4-7-32(8-5-21)25-11-17(3-6-27-25)24(33)12-22-10-18-9-19(13-29-23(18)15-28-22)20-14-30-31(2)16-20/h3,6,9-11,13-16,21,26H,4-5,7-8,12H2,1-2H3. The number of anilines is 1. The molecule has 0 spiro atoms. The Morgan fingerprint density at radius 3 is 2.67 bits per heavy atom. The second-order valence-corrected chi connectivity index (χ2v) is 8.55. The Labute approximate surface area is 192 Å². The van der Waals surface area contributed by atoms with Crippen molar-refractivity contribution >= 4 is 22.5 Å². The predicted octanol–water partition coefficient (Wildman–Crippen LogP) is 3.04. The van der Waals surface area contributed by atoms with Crippen LogP contribution < -0.4 is 10.2 Å². The van der Waals surface area contributed by atoms with Gasteiger partial charge in [0, 0.05) is 72.5 Å². The molecular formula is C25H27N7O. The molecular weight excluding hydrogens is 414 g/mol. The minimum Gasteiger partial charge on any atom is -0.356 e. The molecule has 0 aliphatic carbocycles. The van der Waals surface area contributed by atoms with E-state index >= 15 is 0 Å². The average Bonchev–Trinajstić information content (AvgIpc) is 3.30. The van der Waals surface area contributed by atoms with E-state index in [1.807, 2.05) is 44.8 Å². The molecule has 1 saturated heterocycles. The smallest absolute Gasteiger partial charge is 0.169 e. The number of nitrogens with zero attached hydrogens (tertiary/aromatic N) is 6. The number of carbonyl (C=O) groups is 1. The Balaban J connectivity index is 1.33. The van der Waals surface area contributed by atoms with Crippen molar-refractivity contribution in [2.45, 2.75) is 25.3 Å². The number of hydrogen-bond donors (Lipinski definition) is 1. The second kappa shape index (κ2) is 9.07. The zero-order valence-electron chi connectivity index (χ0n) is 18.9. The van der Waals surface area contributed by atoms with E-state index in [9.17, 15) is 4.79 Å². The monoisotopic (exact) mass is 441 g/mol. The highest BCUT2D eigenvalue weighted by molar-refractivity contribution is 5.98. The third kappa shape index (κ3) is 4.61. The van der Waals surface area contributed by atoms with E-state index in [1.54, 1.807) is 23.1 Å². The second-order valence-electron chi connectivity index (χ2n) is 8.55. The Kier molecular flexibility index (Phi) is 5.83. The quantitative estimate of drug-likeness (QED) is 0.460. The molecule has 0 radical (unpaired) electrons. The highest BCUT2D eigenvalue weighted by Gasteiger charge is 2.20. The van der Waals surface area contributed by atoms with E-state index in [2.05, 4.69) is 36.3 Å². The molecule has 8 heteroatoms.